The van der Waals surface area contributed by atoms with E-state index in [9.17, 15) is 18.0 Å². The molecule has 1 aromatic rings. The Hall–Kier alpha value is -1.93. The number of carbonyl (C=O) groups is 2. The standard InChI is InChI=1S/C21H30N2O5S/c1-15-7-6-8-16(2)23(15)20(24)17(3)28-21(25)18-9-11-19(12-10-18)29(26,27)22-13-4-5-14-22/h9-12,15-17H,4-8,13-14H2,1-3H3/t15-,16-,17+/m0/s1. The molecular formula is C21H30N2O5S. The predicted molar refractivity (Wildman–Crippen MR) is 109 cm³/mol. The number of hydrogen-bond donors (Lipinski definition) is 0. The van der Waals surface area contributed by atoms with Gasteiger partial charge in [-0.3, -0.25) is 4.79 Å². The van der Waals surface area contributed by atoms with E-state index < -0.39 is 22.1 Å². The molecule has 2 fully saturated rings. The first-order chi connectivity index (χ1) is 13.7. The van der Waals surface area contributed by atoms with E-state index in [0.29, 0.717) is 13.1 Å². The van der Waals surface area contributed by atoms with Crippen molar-refractivity contribution in [2.24, 2.45) is 0 Å². The summed E-state index contributed by atoms with van der Waals surface area (Å²) in [6.07, 6.45) is 3.83. The Kier molecular flexibility index (Phi) is 6.63. The van der Waals surface area contributed by atoms with E-state index in [1.165, 1.54) is 28.6 Å². The first-order valence-corrected chi connectivity index (χ1v) is 11.8. The van der Waals surface area contributed by atoms with E-state index in [2.05, 4.69) is 0 Å². The Labute approximate surface area is 173 Å². The van der Waals surface area contributed by atoms with E-state index in [0.717, 1.165) is 32.1 Å². The highest BCUT2D eigenvalue weighted by Gasteiger charge is 2.33. The molecule has 1 amide bonds. The molecule has 3 rings (SSSR count). The third-order valence-electron chi connectivity index (χ3n) is 5.87. The predicted octanol–water partition coefficient (Wildman–Crippen LogP) is 2.81. The minimum atomic E-state index is -3.52. The fourth-order valence-corrected chi connectivity index (χ4v) is 5.70. The number of rotatable bonds is 5. The van der Waals surface area contributed by atoms with E-state index in [1.807, 2.05) is 18.7 Å². The van der Waals surface area contributed by atoms with Gasteiger partial charge in [-0.15, -0.1) is 0 Å². The Balaban J connectivity index is 1.65. The summed E-state index contributed by atoms with van der Waals surface area (Å²) in [6, 6.07) is 5.98. The maximum atomic E-state index is 12.8. The third kappa shape index (κ3) is 4.64. The van der Waals surface area contributed by atoms with Gasteiger partial charge in [0.1, 0.15) is 0 Å². The molecule has 0 saturated carbocycles. The Bertz CT molecular complexity index is 836. The highest BCUT2D eigenvalue weighted by molar-refractivity contribution is 7.89. The van der Waals surface area contributed by atoms with Crippen molar-refractivity contribution in [3.05, 3.63) is 29.8 Å². The Morgan fingerprint density at radius 2 is 1.55 bits per heavy atom. The van der Waals surface area contributed by atoms with Crippen LogP contribution < -0.4 is 0 Å². The lowest BCUT2D eigenvalue weighted by Crippen LogP contribution is -2.51. The van der Waals surface area contributed by atoms with Gasteiger partial charge in [0.2, 0.25) is 10.0 Å². The summed E-state index contributed by atoms with van der Waals surface area (Å²) < 4.78 is 32.0. The van der Waals surface area contributed by atoms with Gasteiger partial charge in [-0.1, -0.05) is 0 Å². The first-order valence-electron chi connectivity index (χ1n) is 10.3. The first kappa shape index (κ1) is 21.8. The molecule has 0 aliphatic carbocycles. The third-order valence-corrected chi connectivity index (χ3v) is 7.79. The van der Waals surface area contributed by atoms with Crippen molar-refractivity contribution in [3.63, 3.8) is 0 Å². The molecule has 7 nitrogen and oxygen atoms in total. The topological polar surface area (TPSA) is 84.0 Å². The number of amides is 1. The fourth-order valence-electron chi connectivity index (χ4n) is 4.19. The molecule has 0 spiro atoms. The van der Waals surface area contributed by atoms with Crippen LogP contribution in [0.25, 0.3) is 0 Å². The van der Waals surface area contributed by atoms with Crippen LogP contribution in [0.4, 0.5) is 0 Å². The summed E-state index contributed by atoms with van der Waals surface area (Å²) in [7, 11) is -3.52. The normalized spacial score (nSPS) is 24.3. The summed E-state index contributed by atoms with van der Waals surface area (Å²) in [6.45, 7) is 6.67. The van der Waals surface area contributed by atoms with Crippen LogP contribution in [0.3, 0.4) is 0 Å². The average Bonchev–Trinajstić information content (AvgIpc) is 3.23. The second kappa shape index (κ2) is 8.83. The minimum Gasteiger partial charge on any atom is -0.449 e. The number of benzene rings is 1. The molecule has 8 heteroatoms. The molecule has 0 radical (unpaired) electrons. The summed E-state index contributed by atoms with van der Waals surface area (Å²) in [5, 5.41) is 0. The van der Waals surface area contributed by atoms with E-state index in [-0.39, 0.29) is 28.4 Å². The van der Waals surface area contributed by atoms with Gasteiger partial charge in [0.25, 0.3) is 5.91 Å². The van der Waals surface area contributed by atoms with Crippen LogP contribution in [0.15, 0.2) is 29.2 Å². The molecular weight excluding hydrogens is 392 g/mol. The van der Waals surface area contributed by atoms with Gasteiger partial charge in [-0.2, -0.15) is 4.31 Å². The highest BCUT2D eigenvalue weighted by atomic mass is 32.2. The summed E-state index contributed by atoms with van der Waals surface area (Å²) in [4.78, 5) is 27.2. The largest absolute Gasteiger partial charge is 0.449 e. The maximum Gasteiger partial charge on any atom is 0.338 e. The Morgan fingerprint density at radius 3 is 2.10 bits per heavy atom. The van der Waals surface area contributed by atoms with Crippen molar-refractivity contribution < 1.29 is 22.7 Å². The van der Waals surface area contributed by atoms with E-state index >= 15 is 0 Å². The molecule has 0 bridgehead atoms. The van der Waals surface area contributed by atoms with Crippen LogP contribution in [-0.2, 0) is 19.6 Å². The SMILES string of the molecule is C[C@@H](OC(=O)c1ccc(S(=O)(=O)N2CCCC2)cc1)C(=O)N1[C@@H](C)CCC[C@@H]1C. The van der Waals surface area contributed by atoms with Gasteiger partial charge >= 0.3 is 5.97 Å². The summed E-state index contributed by atoms with van der Waals surface area (Å²) in [5.41, 5.74) is 0.227. The van der Waals surface area contributed by atoms with Gasteiger partial charge in [0.15, 0.2) is 6.10 Å². The number of sulfonamides is 1. The van der Waals surface area contributed by atoms with Crippen molar-refractivity contribution in [1.29, 1.82) is 0 Å². The zero-order valence-electron chi connectivity index (χ0n) is 17.3. The van der Waals surface area contributed by atoms with Gasteiger partial charge in [-0.05, 0) is 77.1 Å². The second-order valence-corrected chi connectivity index (χ2v) is 10.00. The van der Waals surface area contributed by atoms with Crippen LogP contribution in [-0.4, -0.2) is 60.8 Å². The number of likely N-dealkylation sites (tertiary alicyclic amines) is 1. The van der Waals surface area contributed by atoms with Crippen molar-refractivity contribution in [2.75, 3.05) is 13.1 Å². The number of hydrogen-bond acceptors (Lipinski definition) is 5. The summed E-state index contributed by atoms with van der Waals surface area (Å²) in [5.74, 6) is -0.820. The Morgan fingerprint density at radius 1 is 1.00 bits per heavy atom. The molecule has 2 saturated heterocycles. The lowest BCUT2D eigenvalue weighted by molar-refractivity contribution is -0.146. The number of esters is 1. The van der Waals surface area contributed by atoms with Crippen LogP contribution in [0, 0.1) is 0 Å². The highest BCUT2D eigenvalue weighted by Crippen LogP contribution is 2.24. The van der Waals surface area contributed by atoms with Crippen molar-refractivity contribution in [2.45, 2.75) is 76.0 Å². The van der Waals surface area contributed by atoms with Crippen LogP contribution in [0.2, 0.25) is 0 Å². The monoisotopic (exact) mass is 422 g/mol. The average molecular weight is 423 g/mol. The van der Waals surface area contributed by atoms with Gasteiger partial charge in [0, 0.05) is 25.2 Å². The number of ether oxygens (including phenoxy) is 1. The number of piperidine rings is 1. The molecule has 3 atom stereocenters. The number of carbonyl (C=O) groups excluding carboxylic acids is 2. The van der Waals surface area contributed by atoms with Crippen molar-refractivity contribution in [1.82, 2.24) is 9.21 Å². The molecule has 2 heterocycles. The van der Waals surface area contributed by atoms with E-state index in [4.69, 9.17) is 4.74 Å². The fraction of sp³-hybridized carbons (Fsp3) is 0.619. The molecule has 160 valence electrons. The van der Waals surface area contributed by atoms with Crippen molar-refractivity contribution in [3.8, 4) is 0 Å². The molecule has 0 unspecified atom stereocenters. The minimum absolute atomic E-state index is 0.127. The molecule has 2 aliphatic heterocycles. The quantitative estimate of drug-likeness (QED) is 0.682. The van der Waals surface area contributed by atoms with Crippen LogP contribution in [0.5, 0.6) is 0 Å². The smallest absolute Gasteiger partial charge is 0.338 e. The van der Waals surface area contributed by atoms with Gasteiger partial charge in [0.05, 0.1) is 10.5 Å². The molecule has 2 aliphatic rings. The zero-order valence-corrected chi connectivity index (χ0v) is 18.2. The molecule has 1 aromatic carbocycles. The molecule has 0 aromatic heterocycles. The lowest BCUT2D eigenvalue weighted by Gasteiger charge is -2.40. The lowest BCUT2D eigenvalue weighted by atomic mass is 9.97. The van der Waals surface area contributed by atoms with E-state index in [1.54, 1.807) is 6.92 Å². The molecule has 29 heavy (non-hydrogen) atoms. The van der Waals surface area contributed by atoms with Crippen LogP contribution >= 0.6 is 0 Å². The van der Waals surface area contributed by atoms with Crippen LogP contribution in [0.1, 0.15) is 63.2 Å². The molecule has 0 N–H and O–H groups in total. The summed E-state index contributed by atoms with van der Waals surface area (Å²) >= 11 is 0. The second-order valence-electron chi connectivity index (χ2n) is 8.06. The number of nitrogens with zero attached hydrogens (tertiary/aromatic N) is 2. The van der Waals surface area contributed by atoms with Crippen molar-refractivity contribution >= 4 is 21.9 Å². The van der Waals surface area contributed by atoms with Gasteiger partial charge < -0.3 is 9.64 Å². The zero-order chi connectivity index (χ0) is 21.2. The maximum absolute atomic E-state index is 12.8. The van der Waals surface area contributed by atoms with Gasteiger partial charge in [-0.25, -0.2) is 13.2 Å².